The smallest absolute Gasteiger partial charge is 0.136 e. The normalized spacial score (nSPS) is 11.5. The maximum Gasteiger partial charge on any atom is 0.136 e. The van der Waals surface area contributed by atoms with E-state index in [1.165, 1.54) is 32.7 Å². The highest BCUT2D eigenvalue weighted by atomic mass is 16.3. The number of para-hydroxylation sites is 2. The van der Waals surface area contributed by atoms with Crippen LogP contribution in [0, 0.1) is 0 Å². The fraction of sp³-hybridized carbons (Fsp3) is 0. The molecular formula is C38H25NO. The van der Waals surface area contributed by atoms with E-state index in [0.717, 1.165) is 39.0 Å². The highest BCUT2D eigenvalue weighted by molar-refractivity contribution is 6.21. The third kappa shape index (κ3) is 3.65. The van der Waals surface area contributed by atoms with Crippen LogP contribution < -0.4 is 4.90 Å². The van der Waals surface area contributed by atoms with Crippen LogP contribution in [0.3, 0.4) is 0 Å². The van der Waals surface area contributed by atoms with Crippen LogP contribution >= 0.6 is 0 Å². The maximum atomic E-state index is 6.20. The van der Waals surface area contributed by atoms with Crippen molar-refractivity contribution in [2.75, 3.05) is 4.90 Å². The van der Waals surface area contributed by atoms with Crippen molar-refractivity contribution < 1.29 is 4.42 Å². The van der Waals surface area contributed by atoms with E-state index >= 15 is 0 Å². The third-order valence-corrected chi connectivity index (χ3v) is 7.84. The Bertz CT molecular complexity index is 2160. The van der Waals surface area contributed by atoms with E-state index in [-0.39, 0.29) is 0 Å². The van der Waals surface area contributed by atoms with Crippen LogP contribution in [0.2, 0.25) is 0 Å². The summed E-state index contributed by atoms with van der Waals surface area (Å²) in [5, 5.41) is 7.19. The summed E-state index contributed by atoms with van der Waals surface area (Å²) < 4.78 is 6.20. The molecule has 0 bridgehead atoms. The zero-order valence-corrected chi connectivity index (χ0v) is 21.8. The number of hydrogen-bond donors (Lipinski definition) is 0. The maximum absolute atomic E-state index is 6.20. The van der Waals surface area contributed by atoms with Crippen LogP contribution in [0.15, 0.2) is 156 Å². The quantitative estimate of drug-likeness (QED) is 0.234. The molecule has 0 saturated heterocycles. The molecule has 0 aliphatic heterocycles. The SMILES string of the molecule is c1ccc(N(c2ccc(-c3ccc4ccccc4c3)cc2)c2cccc3c2ccc2oc4ccccc4c23)cc1. The van der Waals surface area contributed by atoms with Gasteiger partial charge < -0.3 is 9.32 Å². The lowest BCUT2D eigenvalue weighted by Gasteiger charge is -2.27. The predicted molar refractivity (Wildman–Crippen MR) is 169 cm³/mol. The van der Waals surface area contributed by atoms with Gasteiger partial charge in [0, 0.05) is 27.5 Å². The van der Waals surface area contributed by atoms with Gasteiger partial charge >= 0.3 is 0 Å². The molecular weight excluding hydrogens is 486 g/mol. The molecule has 8 aromatic rings. The fourth-order valence-electron chi connectivity index (χ4n) is 5.94. The molecule has 8 rings (SSSR count). The summed E-state index contributed by atoms with van der Waals surface area (Å²) in [5.41, 5.74) is 7.61. The Morgan fingerprint density at radius 1 is 0.400 bits per heavy atom. The Morgan fingerprint density at radius 3 is 1.98 bits per heavy atom. The summed E-state index contributed by atoms with van der Waals surface area (Å²) in [6, 6.07) is 53.8. The van der Waals surface area contributed by atoms with Crippen molar-refractivity contribution in [1.82, 2.24) is 0 Å². The van der Waals surface area contributed by atoms with Crippen LogP contribution in [0.4, 0.5) is 17.1 Å². The predicted octanol–water partition coefficient (Wildman–Crippen LogP) is 11.0. The van der Waals surface area contributed by atoms with Gasteiger partial charge in [0.05, 0.1) is 5.69 Å². The first-order valence-corrected chi connectivity index (χ1v) is 13.6. The van der Waals surface area contributed by atoms with Gasteiger partial charge in [0.2, 0.25) is 0 Å². The van der Waals surface area contributed by atoms with Crippen molar-refractivity contribution in [1.29, 1.82) is 0 Å². The molecule has 1 heterocycles. The summed E-state index contributed by atoms with van der Waals surface area (Å²) in [7, 11) is 0. The van der Waals surface area contributed by atoms with Crippen LogP contribution in [0.5, 0.6) is 0 Å². The largest absolute Gasteiger partial charge is 0.456 e. The van der Waals surface area contributed by atoms with Gasteiger partial charge in [-0.05, 0) is 81.9 Å². The van der Waals surface area contributed by atoms with Crippen molar-refractivity contribution in [3.63, 3.8) is 0 Å². The highest BCUT2D eigenvalue weighted by Gasteiger charge is 2.18. The van der Waals surface area contributed by atoms with Crippen LogP contribution in [0.25, 0.3) is 54.6 Å². The molecule has 0 amide bonds. The molecule has 0 fully saturated rings. The molecule has 0 radical (unpaired) electrons. The number of fused-ring (bicyclic) bond motifs is 6. The molecule has 0 aliphatic rings. The minimum absolute atomic E-state index is 0.914. The molecule has 0 atom stereocenters. The minimum atomic E-state index is 0.914. The Balaban J connectivity index is 1.30. The van der Waals surface area contributed by atoms with Gasteiger partial charge in [0.15, 0.2) is 0 Å². The van der Waals surface area contributed by atoms with E-state index in [1.807, 2.05) is 12.1 Å². The summed E-state index contributed by atoms with van der Waals surface area (Å²) >= 11 is 0. The Labute approximate surface area is 232 Å². The summed E-state index contributed by atoms with van der Waals surface area (Å²) in [5.74, 6) is 0. The molecule has 0 spiro atoms. The summed E-state index contributed by atoms with van der Waals surface area (Å²) in [4.78, 5) is 2.35. The van der Waals surface area contributed by atoms with Gasteiger partial charge in [0.25, 0.3) is 0 Å². The molecule has 1 aromatic heterocycles. The van der Waals surface area contributed by atoms with E-state index in [9.17, 15) is 0 Å². The molecule has 40 heavy (non-hydrogen) atoms. The lowest BCUT2D eigenvalue weighted by molar-refractivity contribution is 0.669. The number of furan rings is 1. The molecule has 0 N–H and O–H groups in total. The van der Waals surface area contributed by atoms with Crippen LogP contribution in [-0.4, -0.2) is 0 Å². The number of hydrogen-bond acceptors (Lipinski definition) is 2. The van der Waals surface area contributed by atoms with E-state index in [0.29, 0.717) is 0 Å². The van der Waals surface area contributed by atoms with Crippen molar-refractivity contribution in [2.24, 2.45) is 0 Å². The lowest BCUT2D eigenvalue weighted by Crippen LogP contribution is -2.10. The van der Waals surface area contributed by atoms with Gasteiger partial charge in [-0.1, -0.05) is 97.1 Å². The first kappa shape index (κ1) is 22.6. The van der Waals surface area contributed by atoms with Crippen LogP contribution in [0.1, 0.15) is 0 Å². The molecule has 2 heteroatoms. The number of anilines is 3. The molecule has 188 valence electrons. The lowest BCUT2D eigenvalue weighted by atomic mass is 10.00. The van der Waals surface area contributed by atoms with E-state index in [1.54, 1.807) is 0 Å². The third-order valence-electron chi connectivity index (χ3n) is 7.84. The van der Waals surface area contributed by atoms with Gasteiger partial charge in [-0.2, -0.15) is 0 Å². The molecule has 7 aromatic carbocycles. The number of rotatable bonds is 4. The second-order valence-corrected chi connectivity index (χ2v) is 10.2. The average molecular weight is 512 g/mol. The Hall–Kier alpha value is -5.34. The zero-order chi connectivity index (χ0) is 26.5. The van der Waals surface area contributed by atoms with E-state index < -0.39 is 0 Å². The Morgan fingerprint density at radius 2 is 1.10 bits per heavy atom. The van der Waals surface area contributed by atoms with Crippen LogP contribution in [-0.2, 0) is 0 Å². The van der Waals surface area contributed by atoms with Gasteiger partial charge in [-0.15, -0.1) is 0 Å². The highest BCUT2D eigenvalue weighted by Crippen LogP contribution is 2.43. The van der Waals surface area contributed by atoms with E-state index in [4.69, 9.17) is 4.42 Å². The monoisotopic (exact) mass is 511 g/mol. The summed E-state index contributed by atoms with van der Waals surface area (Å²) in [6.07, 6.45) is 0. The second-order valence-electron chi connectivity index (χ2n) is 10.2. The zero-order valence-electron chi connectivity index (χ0n) is 21.8. The first-order valence-electron chi connectivity index (χ1n) is 13.6. The molecule has 2 nitrogen and oxygen atoms in total. The molecule has 0 unspecified atom stereocenters. The average Bonchev–Trinajstić information content (AvgIpc) is 3.41. The molecule has 0 saturated carbocycles. The second kappa shape index (κ2) is 9.14. The molecule has 0 aliphatic carbocycles. The van der Waals surface area contributed by atoms with Gasteiger partial charge in [-0.25, -0.2) is 0 Å². The van der Waals surface area contributed by atoms with Gasteiger partial charge in [0.1, 0.15) is 11.2 Å². The Kier molecular flexibility index (Phi) is 5.17. The van der Waals surface area contributed by atoms with E-state index in [2.05, 4.69) is 144 Å². The van der Waals surface area contributed by atoms with Crippen molar-refractivity contribution >= 4 is 60.5 Å². The fourth-order valence-corrected chi connectivity index (χ4v) is 5.94. The van der Waals surface area contributed by atoms with Gasteiger partial charge in [-0.3, -0.25) is 0 Å². The minimum Gasteiger partial charge on any atom is -0.456 e. The number of benzene rings is 7. The van der Waals surface area contributed by atoms with Crippen molar-refractivity contribution in [3.8, 4) is 11.1 Å². The van der Waals surface area contributed by atoms with Crippen molar-refractivity contribution in [3.05, 3.63) is 152 Å². The number of nitrogens with zero attached hydrogens (tertiary/aromatic N) is 1. The topological polar surface area (TPSA) is 16.4 Å². The summed E-state index contributed by atoms with van der Waals surface area (Å²) in [6.45, 7) is 0. The van der Waals surface area contributed by atoms with Crippen molar-refractivity contribution in [2.45, 2.75) is 0 Å². The first-order chi connectivity index (χ1) is 19.8. The standard InChI is InChI=1S/C38H25NO/c1-2-11-30(12-3-1)39(31-21-19-27(20-22-31)29-18-17-26-9-4-5-10-28(26)25-29)35-15-8-14-33-32(35)23-24-37-38(33)34-13-6-7-16-36(34)40-37/h1-25H.